The topological polar surface area (TPSA) is 26.0 Å². The van der Waals surface area contributed by atoms with Crippen LogP contribution in [0.1, 0.15) is 22.7 Å². The van der Waals surface area contributed by atoms with E-state index in [-0.39, 0.29) is 6.04 Å². The van der Waals surface area contributed by atoms with Crippen LogP contribution in [0, 0.1) is 6.92 Å². The second kappa shape index (κ2) is 5.48. The molecule has 100 valence electrons. The molecule has 1 atom stereocenters. The fourth-order valence-electron chi connectivity index (χ4n) is 2.82. The van der Waals surface area contributed by atoms with Crippen LogP contribution in [0.4, 0.5) is 0 Å². The molecule has 0 heterocycles. The maximum Gasteiger partial charge on any atom is 0.0338 e. The number of rotatable bonds is 3. The van der Waals surface area contributed by atoms with Gasteiger partial charge in [0, 0.05) is 6.04 Å². The van der Waals surface area contributed by atoms with Gasteiger partial charge in [-0.1, -0.05) is 66.7 Å². The van der Waals surface area contributed by atoms with E-state index in [2.05, 4.69) is 73.7 Å². The molecule has 20 heavy (non-hydrogen) atoms. The van der Waals surface area contributed by atoms with Crippen LogP contribution in [0.5, 0.6) is 0 Å². The van der Waals surface area contributed by atoms with Crippen LogP contribution in [0.2, 0.25) is 0 Å². The Morgan fingerprint density at radius 1 is 0.850 bits per heavy atom. The van der Waals surface area contributed by atoms with Crippen molar-refractivity contribution in [3.05, 3.63) is 83.4 Å². The minimum Gasteiger partial charge on any atom is -0.324 e. The monoisotopic (exact) mass is 261 g/mol. The van der Waals surface area contributed by atoms with Crippen molar-refractivity contribution in [1.82, 2.24) is 0 Å². The Morgan fingerprint density at radius 3 is 2.40 bits per heavy atom. The summed E-state index contributed by atoms with van der Waals surface area (Å²) in [4.78, 5) is 0. The highest BCUT2D eigenvalue weighted by atomic mass is 14.6. The lowest BCUT2D eigenvalue weighted by molar-refractivity contribution is 0.720. The smallest absolute Gasteiger partial charge is 0.0338 e. The van der Waals surface area contributed by atoms with Gasteiger partial charge in [0.2, 0.25) is 0 Å². The van der Waals surface area contributed by atoms with Crippen LogP contribution in [0.15, 0.2) is 66.7 Å². The molecule has 1 unspecified atom stereocenters. The van der Waals surface area contributed by atoms with Crippen molar-refractivity contribution in [3.63, 3.8) is 0 Å². The van der Waals surface area contributed by atoms with Crippen LogP contribution >= 0.6 is 0 Å². The first-order valence-electron chi connectivity index (χ1n) is 7.03. The molecule has 0 aliphatic heterocycles. The van der Waals surface area contributed by atoms with Crippen LogP contribution < -0.4 is 5.73 Å². The van der Waals surface area contributed by atoms with Crippen molar-refractivity contribution >= 4 is 10.8 Å². The molecule has 1 nitrogen and oxygen atoms in total. The highest BCUT2D eigenvalue weighted by Gasteiger charge is 2.10. The first-order chi connectivity index (χ1) is 9.75. The van der Waals surface area contributed by atoms with E-state index in [0.717, 1.165) is 6.42 Å². The van der Waals surface area contributed by atoms with Crippen LogP contribution in [-0.4, -0.2) is 0 Å². The van der Waals surface area contributed by atoms with E-state index in [1.807, 2.05) is 0 Å². The first-order valence-corrected chi connectivity index (χ1v) is 7.03. The Bertz CT molecular complexity index is 725. The summed E-state index contributed by atoms with van der Waals surface area (Å²) < 4.78 is 0. The number of nitrogens with two attached hydrogens (primary N) is 1. The SMILES string of the molecule is Cc1ccccc1C(N)Cc1cccc2ccccc12. The molecule has 3 rings (SSSR count). The third kappa shape index (κ3) is 2.45. The molecule has 0 aliphatic carbocycles. The summed E-state index contributed by atoms with van der Waals surface area (Å²) in [6, 6.07) is 23.4. The Morgan fingerprint density at radius 2 is 1.55 bits per heavy atom. The highest BCUT2D eigenvalue weighted by molar-refractivity contribution is 5.85. The van der Waals surface area contributed by atoms with Crippen molar-refractivity contribution in [1.29, 1.82) is 0 Å². The van der Waals surface area contributed by atoms with Crippen LogP contribution in [0.25, 0.3) is 10.8 Å². The molecule has 0 spiro atoms. The third-order valence-corrected chi connectivity index (χ3v) is 3.91. The van der Waals surface area contributed by atoms with Gasteiger partial charge in [0.1, 0.15) is 0 Å². The quantitative estimate of drug-likeness (QED) is 0.743. The lowest BCUT2D eigenvalue weighted by atomic mass is 9.93. The van der Waals surface area contributed by atoms with Crippen molar-refractivity contribution in [2.24, 2.45) is 5.73 Å². The normalized spacial score (nSPS) is 12.5. The standard InChI is InChI=1S/C19H19N/c1-14-7-2-4-11-17(14)19(20)13-16-10-6-9-15-8-3-5-12-18(15)16/h2-12,19H,13,20H2,1H3. The number of hydrogen-bond acceptors (Lipinski definition) is 1. The van der Waals surface area contributed by atoms with Gasteiger partial charge >= 0.3 is 0 Å². The molecular formula is C19H19N. The number of benzene rings is 3. The second-order valence-electron chi connectivity index (χ2n) is 5.31. The van der Waals surface area contributed by atoms with E-state index in [4.69, 9.17) is 5.73 Å². The zero-order valence-electron chi connectivity index (χ0n) is 11.7. The Labute approximate surface area is 120 Å². The fourth-order valence-corrected chi connectivity index (χ4v) is 2.82. The van der Waals surface area contributed by atoms with Gasteiger partial charge in [0.15, 0.2) is 0 Å². The molecule has 0 aliphatic rings. The largest absolute Gasteiger partial charge is 0.324 e. The summed E-state index contributed by atoms with van der Waals surface area (Å²) in [5.74, 6) is 0. The predicted octanol–water partition coefficient (Wildman–Crippen LogP) is 4.39. The van der Waals surface area contributed by atoms with Crippen LogP contribution in [-0.2, 0) is 6.42 Å². The van der Waals surface area contributed by atoms with Gasteiger partial charge in [-0.25, -0.2) is 0 Å². The number of fused-ring (bicyclic) bond motifs is 1. The molecule has 0 fully saturated rings. The van der Waals surface area contributed by atoms with Gasteiger partial charge in [-0.3, -0.25) is 0 Å². The molecule has 0 amide bonds. The summed E-state index contributed by atoms with van der Waals surface area (Å²) in [6.07, 6.45) is 0.867. The van der Waals surface area contributed by atoms with Gasteiger partial charge in [0.05, 0.1) is 0 Å². The van der Waals surface area contributed by atoms with Gasteiger partial charge in [-0.2, -0.15) is 0 Å². The van der Waals surface area contributed by atoms with Gasteiger partial charge < -0.3 is 5.73 Å². The Hall–Kier alpha value is -2.12. The van der Waals surface area contributed by atoms with E-state index < -0.39 is 0 Å². The van der Waals surface area contributed by atoms with Crippen molar-refractivity contribution in [3.8, 4) is 0 Å². The molecule has 2 N–H and O–H groups in total. The maximum absolute atomic E-state index is 6.42. The molecule has 0 bridgehead atoms. The zero-order chi connectivity index (χ0) is 13.9. The summed E-state index contributed by atoms with van der Waals surface area (Å²) in [7, 11) is 0. The predicted molar refractivity (Wildman–Crippen MR) is 85.8 cm³/mol. The highest BCUT2D eigenvalue weighted by Crippen LogP contribution is 2.24. The molecule has 0 aromatic heterocycles. The van der Waals surface area contributed by atoms with Crippen molar-refractivity contribution in [2.75, 3.05) is 0 Å². The van der Waals surface area contributed by atoms with Crippen molar-refractivity contribution in [2.45, 2.75) is 19.4 Å². The minimum absolute atomic E-state index is 0.0435. The molecule has 0 saturated carbocycles. The summed E-state index contributed by atoms with van der Waals surface area (Å²) in [6.45, 7) is 2.12. The molecule has 3 aromatic carbocycles. The van der Waals surface area contributed by atoms with E-state index in [9.17, 15) is 0 Å². The summed E-state index contributed by atoms with van der Waals surface area (Å²) >= 11 is 0. The average molecular weight is 261 g/mol. The number of aryl methyl sites for hydroxylation is 1. The molecule has 1 heteroatoms. The lowest BCUT2D eigenvalue weighted by Crippen LogP contribution is -2.14. The van der Waals surface area contributed by atoms with Gasteiger partial charge in [-0.05, 0) is 40.8 Å². The van der Waals surface area contributed by atoms with E-state index in [0.29, 0.717) is 0 Å². The Kier molecular flexibility index (Phi) is 3.53. The Balaban J connectivity index is 1.96. The minimum atomic E-state index is 0.0435. The van der Waals surface area contributed by atoms with Gasteiger partial charge in [-0.15, -0.1) is 0 Å². The fraction of sp³-hybridized carbons (Fsp3) is 0.158. The van der Waals surface area contributed by atoms with Crippen molar-refractivity contribution < 1.29 is 0 Å². The summed E-state index contributed by atoms with van der Waals surface area (Å²) in [5.41, 5.74) is 10.2. The van der Waals surface area contributed by atoms with Gasteiger partial charge in [0.25, 0.3) is 0 Å². The molecular weight excluding hydrogens is 242 g/mol. The van der Waals surface area contributed by atoms with E-state index >= 15 is 0 Å². The summed E-state index contributed by atoms with van der Waals surface area (Å²) in [5, 5.41) is 2.58. The number of hydrogen-bond donors (Lipinski definition) is 1. The van der Waals surface area contributed by atoms with Crippen LogP contribution in [0.3, 0.4) is 0 Å². The second-order valence-corrected chi connectivity index (χ2v) is 5.31. The molecule has 0 radical (unpaired) electrons. The zero-order valence-corrected chi connectivity index (χ0v) is 11.7. The molecule has 3 aromatic rings. The molecule has 0 saturated heterocycles. The maximum atomic E-state index is 6.42. The lowest BCUT2D eigenvalue weighted by Gasteiger charge is -2.16. The average Bonchev–Trinajstić information content (AvgIpc) is 2.48. The van der Waals surface area contributed by atoms with E-state index in [1.165, 1.54) is 27.5 Å². The van der Waals surface area contributed by atoms with E-state index in [1.54, 1.807) is 0 Å². The third-order valence-electron chi connectivity index (χ3n) is 3.91. The first kappa shape index (κ1) is 12.9.